The van der Waals surface area contributed by atoms with Crippen molar-refractivity contribution in [1.29, 1.82) is 0 Å². The van der Waals surface area contributed by atoms with Crippen LogP contribution in [0.15, 0.2) is 53.7 Å². The maximum absolute atomic E-state index is 10.6. The minimum atomic E-state index is 0.0869. The van der Waals surface area contributed by atoms with E-state index in [1.54, 1.807) is 6.21 Å². The average molecular weight is 461 g/mol. The lowest BCUT2D eigenvalue weighted by atomic mass is 10.1. The fourth-order valence-corrected chi connectivity index (χ4v) is 4.16. The van der Waals surface area contributed by atoms with Crippen LogP contribution < -0.4 is 4.74 Å². The first-order chi connectivity index (χ1) is 16.7. The molecule has 3 heterocycles. The molecular weight excluding hydrogens is 432 g/mol. The molecule has 0 spiro atoms. The van der Waals surface area contributed by atoms with Gasteiger partial charge < -0.3 is 24.4 Å². The molecule has 1 saturated heterocycles. The van der Waals surface area contributed by atoms with Gasteiger partial charge in [0.1, 0.15) is 19.0 Å². The van der Waals surface area contributed by atoms with Crippen LogP contribution in [0.2, 0.25) is 0 Å². The van der Waals surface area contributed by atoms with E-state index in [0.717, 1.165) is 66.0 Å². The van der Waals surface area contributed by atoms with Gasteiger partial charge in [-0.05, 0) is 42.8 Å². The average Bonchev–Trinajstić information content (AvgIpc) is 3.19. The molecule has 1 fully saturated rings. The molecule has 1 aliphatic rings. The highest BCUT2D eigenvalue weighted by Crippen LogP contribution is 2.36. The van der Waals surface area contributed by atoms with Crippen LogP contribution in [0.3, 0.4) is 0 Å². The van der Waals surface area contributed by atoms with Crippen LogP contribution in [-0.2, 0) is 9.57 Å². The van der Waals surface area contributed by atoms with Crippen LogP contribution in [0.1, 0.15) is 12.5 Å². The quantitative estimate of drug-likeness (QED) is 0.303. The van der Waals surface area contributed by atoms with E-state index < -0.39 is 0 Å². The summed E-state index contributed by atoms with van der Waals surface area (Å²) in [5, 5.41) is 16.4. The number of hydrogen-bond donors (Lipinski definition) is 2. The molecule has 2 N–H and O–H groups in total. The van der Waals surface area contributed by atoms with Crippen LogP contribution in [0, 0.1) is 0 Å². The van der Waals surface area contributed by atoms with Crippen LogP contribution >= 0.6 is 0 Å². The fraction of sp³-hybridized carbons (Fsp3) is 0.308. The molecule has 4 aromatic rings. The zero-order valence-electron chi connectivity index (χ0n) is 19.2. The van der Waals surface area contributed by atoms with Gasteiger partial charge in [-0.1, -0.05) is 23.4 Å². The van der Waals surface area contributed by atoms with E-state index in [2.05, 4.69) is 15.0 Å². The standard InChI is InChI=1S/C26H28N4O4/c1-2-34-27-17-18-3-6-21-24(15-18)29-26(31)25(21)23-7-4-19-16-20(5-8-22(19)28-23)33-14-11-30-9-12-32-13-10-30/h3-8,15-17,29,31H,2,9-14H2,1H3/b27-17+. The number of nitrogens with zero attached hydrogens (tertiary/aromatic N) is 3. The first-order valence-corrected chi connectivity index (χ1v) is 11.6. The summed E-state index contributed by atoms with van der Waals surface area (Å²) in [6.07, 6.45) is 1.65. The summed E-state index contributed by atoms with van der Waals surface area (Å²) in [6.45, 7) is 7.41. The second kappa shape index (κ2) is 10.1. The normalized spacial score (nSPS) is 14.9. The maximum Gasteiger partial charge on any atom is 0.199 e. The molecular formula is C26H28N4O4. The minimum absolute atomic E-state index is 0.0869. The molecule has 2 aromatic carbocycles. The van der Waals surface area contributed by atoms with Crippen molar-refractivity contribution in [2.24, 2.45) is 5.16 Å². The highest BCUT2D eigenvalue weighted by Gasteiger charge is 2.15. The number of pyridine rings is 1. The van der Waals surface area contributed by atoms with Crippen molar-refractivity contribution in [3.05, 3.63) is 54.1 Å². The van der Waals surface area contributed by atoms with Gasteiger partial charge in [0.15, 0.2) is 5.88 Å². The number of hydrogen-bond acceptors (Lipinski definition) is 7. The lowest BCUT2D eigenvalue weighted by Crippen LogP contribution is -2.38. The predicted molar refractivity (Wildman–Crippen MR) is 133 cm³/mol. The number of aromatic hydroxyl groups is 1. The van der Waals surface area contributed by atoms with Crippen molar-refractivity contribution >= 4 is 28.0 Å². The first-order valence-electron chi connectivity index (χ1n) is 11.6. The van der Waals surface area contributed by atoms with Gasteiger partial charge in [0, 0.05) is 35.9 Å². The molecule has 0 aliphatic carbocycles. The van der Waals surface area contributed by atoms with Gasteiger partial charge in [0.05, 0.1) is 36.2 Å². The van der Waals surface area contributed by atoms with Crippen LogP contribution in [0.5, 0.6) is 11.6 Å². The smallest absolute Gasteiger partial charge is 0.199 e. The fourth-order valence-electron chi connectivity index (χ4n) is 4.16. The predicted octanol–water partition coefficient (Wildman–Crippen LogP) is 4.17. The number of aromatic amines is 1. The molecule has 34 heavy (non-hydrogen) atoms. The number of rotatable bonds is 8. The Bertz CT molecular complexity index is 1310. The minimum Gasteiger partial charge on any atom is -0.494 e. The number of benzene rings is 2. The lowest BCUT2D eigenvalue weighted by molar-refractivity contribution is 0.0322. The summed E-state index contributed by atoms with van der Waals surface area (Å²) in [4.78, 5) is 15.2. The van der Waals surface area contributed by atoms with Crippen LogP contribution in [0.4, 0.5) is 0 Å². The van der Waals surface area contributed by atoms with Gasteiger partial charge in [-0.3, -0.25) is 4.90 Å². The monoisotopic (exact) mass is 460 g/mol. The van der Waals surface area contributed by atoms with Crippen molar-refractivity contribution < 1.29 is 19.4 Å². The molecule has 5 rings (SSSR count). The third kappa shape index (κ3) is 4.83. The van der Waals surface area contributed by atoms with Crippen LogP contribution in [-0.4, -0.2) is 72.3 Å². The number of morpholine rings is 1. The van der Waals surface area contributed by atoms with Gasteiger partial charge in [-0.25, -0.2) is 4.98 Å². The Kier molecular flexibility index (Phi) is 6.60. The molecule has 0 unspecified atom stereocenters. The summed E-state index contributed by atoms with van der Waals surface area (Å²) < 4.78 is 11.4. The van der Waals surface area contributed by atoms with Gasteiger partial charge in [-0.2, -0.15) is 0 Å². The molecule has 176 valence electrons. The Hall–Kier alpha value is -3.62. The lowest BCUT2D eigenvalue weighted by Gasteiger charge is -2.26. The highest BCUT2D eigenvalue weighted by atomic mass is 16.6. The number of ether oxygens (including phenoxy) is 2. The van der Waals surface area contributed by atoms with E-state index >= 15 is 0 Å². The van der Waals surface area contributed by atoms with E-state index in [0.29, 0.717) is 24.5 Å². The second-order valence-corrected chi connectivity index (χ2v) is 8.16. The zero-order chi connectivity index (χ0) is 23.3. The Morgan fingerprint density at radius 2 is 2.03 bits per heavy atom. The van der Waals surface area contributed by atoms with E-state index in [1.807, 2.05) is 55.5 Å². The van der Waals surface area contributed by atoms with Crippen molar-refractivity contribution in [3.63, 3.8) is 0 Å². The second-order valence-electron chi connectivity index (χ2n) is 8.16. The number of aromatic nitrogens is 2. The van der Waals surface area contributed by atoms with Gasteiger partial charge in [-0.15, -0.1) is 0 Å². The molecule has 0 saturated carbocycles. The third-order valence-electron chi connectivity index (χ3n) is 5.90. The van der Waals surface area contributed by atoms with E-state index in [9.17, 15) is 5.11 Å². The number of H-pyrrole nitrogens is 1. The maximum atomic E-state index is 10.6. The molecule has 2 aromatic heterocycles. The number of nitrogens with one attached hydrogen (secondary N) is 1. The summed E-state index contributed by atoms with van der Waals surface area (Å²) in [5.41, 5.74) is 3.90. The largest absolute Gasteiger partial charge is 0.494 e. The van der Waals surface area contributed by atoms with Gasteiger partial charge in [0.25, 0.3) is 0 Å². The Labute approximate surface area is 197 Å². The van der Waals surface area contributed by atoms with Gasteiger partial charge >= 0.3 is 0 Å². The molecule has 8 heteroatoms. The van der Waals surface area contributed by atoms with Crippen molar-refractivity contribution in [3.8, 4) is 22.9 Å². The van der Waals surface area contributed by atoms with Crippen molar-refractivity contribution in [2.75, 3.05) is 46.1 Å². The molecule has 1 aliphatic heterocycles. The summed E-state index contributed by atoms with van der Waals surface area (Å²) >= 11 is 0. The number of fused-ring (bicyclic) bond motifs is 2. The third-order valence-corrected chi connectivity index (χ3v) is 5.90. The van der Waals surface area contributed by atoms with Gasteiger partial charge in [0.2, 0.25) is 0 Å². The Balaban J connectivity index is 1.34. The molecule has 8 nitrogen and oxygen atoms in total. The molecule has 0 radical (unpaired) electrons. The highest BCUT2D eigenvalue weighted by molar-refractivity contribution is 6.01. The van der Waals surface area contributed by atoms with Crippen molar-refractivity contribution in [2.45, 2.75) is 6.92 Å². The Morgan fingerprint density at radius 1 is 1.15 bits per heavy atom. The Morgan fingerprint density at radius 3 is 2.88 bits per heavy atom. The molecule has 0 amide bonds. The topological polar surface area (TPSA) is 92.2 Å². The van der Waals surface area contributed by atoms with E-state index in [1.165, 1.54) is 0 Å². The molecule has 0 bridgehead atoms. The van der Waals surface area contributed by atoms with Crippen LogP contribution in [0.25, 0.3) is 33.1 Å². The SMILES string of the molecule is CCO/N=C/c1ccc2c(-c3ccc4cc(OCCN5CCOCC5)ccc4n3)c(O)[nH]c2c1. The summed E-state index contributed by atoms with van der Waals surface area (Å²) in [6, 6.07) is 15.6. The van der Waals surface area contributed by atoms with Crippen molar-refractivity contribution in [1.82, 2.24) is 14.9 Å². The van der Waals surface area contributed by atoms with E-state index in [4.69, 9.17) is 19.3 Å². The van der Waals surface area contributed by atoms with E-state index in [-0.39, 0.29) is 5.88 Å². The summed E-state index contributed by atoms with van der Waals surface area (Å²) in [5.74, 6) is 0.912. The zero-order valence-corrected chi connectivity index (χ0v) is 19.2. The first kappa shape index (κ1) is 22.2. The molecule has 0 atom stereocenters. The number of oxime groups is 1. The summed E-state index contributed by atoms with van der Waals surface area (Å²) in [7, 11) is 0.